The Kier molecular flexibility index (Phi) is 4.14. The molecule has 1 aliphatic carbocycles. The van der Waals surface area contributed by atoms with Crippen LogP contribution < -0.4 is 5.32 Å². The molecular weight excluding hydrogens is 198 g/mol. The lowest BCUT2D eigenvalue weighted by Crippen LogP contribution is -2.15. The highest BCUT2D eigenvalue weighted by atomic mass is 16.5. The predicted octanol–water partition coefficient (Wildman–Crippen LogP) is 2.60. The van der Waals surface area contributed by atoms with Gasteiger partial charge in [0.25, 0.3) is 0 Å². The highest BCUT2D eigenvalue weighted by Crippen LogP contribution is 2.18. The number of methoxy groups -OCH3 is 1. The van der Waals surface area contributed by atoms with Gasteiger partial charge < -0.3 is 10.1 Å². The van der Waals surface area contributed by atoms with Crippen LogP contribution in [0.3, 0.4) is 0 Å². The first-order chi connectivity index (χ1) is 7.90. The zero-order valence-corrected chi connectivity index (χ0v) is 9.78. The molecule has 0 aliphatic heterocycles. The van der Waals surface area contributed by atoms with E-state index in [0.29, 0.717) is 6.61 Å². The van der Waals surface area contributed by atoms with Gasteiger partial charge in [-0.15, -0.1) is 0 Å². The van der Waals surface area contributed by atoms with E-state index in [4.69, 9.17) is 4.74 Å². The molecule has 1 fully saturated rings. The largest absolute Gasteiger partial charge is 0.380 e. The van der Waals surface area contributed by atoms with Gasteiger partial charge >= 0.3 is 0 Å². The average molecular weight is 217 g/mol. The van der Waals surface area contributed by atoms with Crippen LogP contribution in [-0.4, -0.2) is 19.7 Å². The highest BCUT2D eigenvalue weighted by molar-refractivity contribution is 5.53. The summed E-state index contributed by atoms with van der Waals surface area (Å²) in [6.45, 7) is 1.64. The Labute approximate surface area is 97.3 Å². The summed E-state index contributed by atoms with van der Waals surface area (Å²) < 4.78 is 5.17. The van der Waals surface area contributed by atoms with Gasteiger partial charge in [0.15, 0.2) is 0 Å². The van der Waals surface area contributed by atoms with Crippen molar-refractivity contribution in [2.45, 2.75) is 25.5 Å². The lowest BCUT2D eigenvalue weighted by Gasteiger charge is -2.04. The number of ether oxygens (including phenoxy) is 1. The molecule has 0 amide bonds. The van der Waals surface area contributed by atoms with Crippen molar-refractivity contribution < 1.29 is 4.74 Å². The fourth-order valence-corrected chi connectivity index (χ4v) is 1.69. The van der Waals surface area contributed by atoms with Crippen LogP contribution in [0.4, 0.5) is 0 Å². The van der Waals surface area contributed by atoms with Crippen LogP contribution in [0.5, 0.6) is 0 Å². The smallest absolute Gasteiger partial charge is 0.0718 e. The summed E-state index contributed by atoms with van der Waals surface area (Å²) in [7, 11) is 1.73. The molecule has 1 aromatic rings. The van der Waals surface area contributed by atoms with Crippen LogP contribution >= 0.6 is 0 Å². The van der Waals surface area contributed by atoms with Gasteiger partial charge in [-0.3, -0.25) is 0 Å². The van der Waals surface area contributed by atoms with E-state index in [9.17, 15) is 0 Å². The molecule has 0 unspecified atom stereocenters. The summed E-state index contributed by atoms with van der Waals surface area (Å²) >= 11 is 0. The Morgan fingerprint density at radius 3 is 2.94 bits per heavy atom. The fourth-order valence-electron chi connectivity index (χ4n) is 1.69. The molecule has 1 aromatic carbocycles. The average Bonchev–Trinajstić information content (AvgIpc) is 3.11. The molecule has 1 saturated carbocycles. The second-order valence-electron chi connectivity index (χ2n) is 4.22. The van der Waals surface area contributed by atoms with E-state index < -0.39 is 0 Å². The molecule has 86 valence electrons. The number of benzene rings is 1. The molecule has 1 aliphatic rings. The summed E-state index contributed by atoms with van der Waals surface area (Å²) in [4.78, 5) is 0. The molecule has 16 heavy (non-hydrogen) atoms. The van der Waals surface area contributed by atoms with Crippen molar-refractivity contribution in [2.24, 2.45) is 0 Å². The minimum Gasteiger partial charge on any atom is -0.380 e. The molecule has 0 heterocycles. The number of hydrogen-bond donors (Lipinski definition) is 1. The van der Waals surface area contributed by atoms with Crippen molar-refractivity contribution in [1.82, 2.24) is 5.32 Å². The third-order valence-electron chi connectivity index (χ3n) is 2.75. The number of rotatable bonds is 6. The summed E-state index contributed by atoms with van der Waals surface area (Å²) in [5.41, 5.74) is 2.50. The lowest BCUT2D eigenvalue weighted by atomic mass is 10.1. The van der Waals surface area contributed by atoms with Gasteiger partial charge in [-0.25, -0.2) is 0 Å². The van der Waals surface area contributed by atoms with Gasteiger partial charge in [-0.05, 0) is 24.0 Å². The number of nitrogens with one attached hydrogen (secondary N) is 1. The van der Waals surface area contributed by atoms with Crippen LogP contribution in [0.2, 0.25) is 0 Å². The third-order valence-corrected chi connectivity index (χ3v) is 2.75. The molecule has 0 atom stereocenters. The summed E-state index contributed by atoms with van der Waals surface area (Å²) in [6, 6.07) is 9.12. The molecule has 0 spiro atoms. The zero-order chi connectivity index (χ0) is 11.2. The molecule has 2 heteroatoms. The standard InChI is InChI=1S/C14H19NO/c1-16-11-13-6-3-2-5-12(13)7-4-10-15-14-8-9-14/h2-7,14-15H,8-11H2,1H3. The first-order valence-electron chi connectivity index (χ1n) is 5.87. The SMILES string of the molecule is COCc1ccccc1C=CCNC1CC1. The van der Waals surface area contributed by atoms with Crippen LogP contribution in [0, 0.1) is 0 Å². The topological polar surface area (TPSA) is 21.3 Å². The van der Waals surface area contributed by atoms with E-state index in [1.165, 1.54) is 24.0 Å². The molecule has 0 aromatic heterocycles. The maximum Gasteiger partial charge on any atom is 0.0718 e. The normalized spacial score (nSPS) is 15.8. The lowest BCUT2D eigenvalue weighted by molar-refractivity contribution is 0.184. The molecule has 0 saturated heterocycles. The highest BCUT2D eigenvalue weighted by Gasteiger charge is 2.18. The van der Waals surface area contributed by atoms with Crippen molar-refractivity contribution in [1.29, 1.82) is 0 Å². The second kappa shape index (κ2) is 5.83. The number of hydrogen-bond acceptors (Lipinski definition) is 2. The molecule has 2 nitrogen and oxygen atoms in total. The molecule has 0 radical (unpaired) electrons. The zero-order valence-electron chi connectivity index (χ0n) is 9.78. The first-order valence-corrected chi connectivity index (χ1v) is 5.87. The van der Waals surface area contributed by atoms with E-state index in [1.54, 1.807) is 7.11 Å². The minimum absolute atomic E-state index is 0.677. The quantitative estimate of drug-likeness (QED) is 0.791. The van der Waals surface area contributed by atoms with E-state index in [1.807, 2.05) is 6.07 Å². The molecule has 2 rings (SSSR count). The maximum atomic E-state index is 5.17. The van der Waals surface area contributed by atoms with Crippen LogP contribution in [-0.2, 0) is 11.3 Å². The maximum absolute atomic E-state index is 5.17. The van der Waals surface area contributed by atoms with Gasteiger partial charge in [0.2, 0.25) is 0 Å². The predicted molar refractivity (Wildman–Crippen MR) is 67.2 cm³/mol. The Bertz CT molecular complexity index is 356. The minimum atomic E-state index is 0.677. The van der Waals surface area contributed by atoms with Crippen LogP contribution in [0.1, 0.15) is 24.0 Å². The van der Waals surface area contributed by atoms with Crippen LogP contribution in [0.15, 0.2) is 30.3 Å². The Morgan fingerprint density at radius 1 is 1.38 bits per heavy atom. The van der Waals surface area contributed by atoms with Crippen molar-refractivity contribution in [3.8, 4) is 0 Å². The second-order valence-corrected chi connectivity index (χ2v) is 4.22. The van der Waals surface area contributed by atoms with Crippen molar-refractivity contribution in [3.63, 3.8) is 0 Å². The van der Waals surface area contributed by atoms with E-state index in [-0.39, 0.29) is 0 Å². The van der Waals surface area contributed by atoms with Gasteiger partial charge in [-0.1, -0.05) is 36.4 Å². The molecular formula is C14H19NO. The molecule has 1 N–H and O–H groups in total. The monoisotopic (exact) mass is 217 g/mol. The Balaban J connectivity index is 1.90. The van der Waals surface area contributed by atoms with Crippen molar-refractivity contribution >= 4 is 6.08 Å². The fraction of sp³-hybridized carbons (Fsp3) is 0.429. The van der Waals surface area contributed by atoms with E-state index >= 15 is 0 Å². The Hall–Kier alpha value is -1.12. The summed E-state index contributed by atoms with van der Waals surface area (Å²) in [6.07, 6.45) is 7.04. The van der Waals surface area contributed by atoms with Crippen molar-refractivity contribution in [3.05, 3.63) is 41.5 Å². The summed E-state index contributed by atoms with van der Waals surface area (Å²) in [5.74, 6) is 0. The van der Waals surface area contributed by atoms with Gasteiger partial charge in [0, 0.05) is 19.7 Å². The van der Waals surface area contributed by atoms with Gasteiger partial charge in [0.05, 0.1) is 6.61 Å². The van der Waals surface area contributed by atoms with E-state index in [0.717, 1.165) is 12.6 Å². The van der Waals surface area contributed by atoms with Crippen molar-refractivity contribution in [2.75, 3.05) is 13.7 Å². The summed E-state index contributed by atoms with van der Waals surface area (Å²) in [5, 5.41) is 3.46. The first kappa shape index (κ1) is 11.4. The third kappa shape index (κ3) is 3.47. The molecule has 0 bridgehead atoms. The Morgan fingerprint density at radius 2 is 2.19 bits per heavy atom. The van der Waals surface area contributed by atoms with Crippen LogP contribution in [0.25, 0.3) is 6.08 Å². The van der Waals surface area contributed by atoms with Gasteiger partial charge in [0.1, 0.15) is 0 Å². The van der Waals surface area contributed by atoms with Gasteiger partial charge in [-0.2, -0.15) is 0 Å². The van der Waals surface area contributed by atoms with E-state index in [2.05, 4.69) is 35.7 Å².